The second kappa shape index (κ2) is 4.53. The summed E-state index contributed by atoms with van der Waals surface area (Å²) in [6.07, 6.45) is 0. The van der Waals surface area contributed by atoms with Gasteiger partial charge in [0.1, 0.15) is 11.6 Å². The number of nitrogens with zero attached hydrogens (tertiary/aromatic N) is 1. The Morgan fingerprint density at radius 1 is 1.28 bits per heavy atom. The van der Waals surface area contributed by atoms with Crippen molar-refractivity contribution in [2.45, 2.75) is 26.3 Å². The number of hydrogen-bond acceptors (Lipinski definition) is 2. The maximum atomic E-state index is 13.8. The number of hydrogen-bond donors (Lipinski definition) is 2. The molecule has 0 aliphatic rings. The number of halogens is 1. The molecule has 1 heterocycles. The first-order chi connectivity index (χ1) is 8.45. The van der Waals surface area contributed by atoms with Crippen molar-refractivity contribution in [3.8, 4) is 11.3 Å². The molecule has 0 unspecified atom stereocenters. The molecule has 2 N–H and O–H groups in total. The van der Waals surface area contributed by atoms with Gasteiger partial charge in [-0.25, -0.2) is 9.37 Å². The van der Waals surface area contributed by atoms with Gasteiger partial charge in [-0.15, -0.1) is 0 Å². The van der Waals surface area contributed by atoms with Gasteiger partial charge in [0.25, 0.3) is 0 Å². The van der Waals surface area contributed by atoms with Gasteiger partial charge in [-0.2, -0.15) is 0 Å². The van der Waals surface area contributed by atoms with Gasteiger partial charge in [-0.1, -0.05) is 12.1 Å². The van der Waals surface area contributed by atoms with Crippen molar-refractivity contribution in [3.63, 3.8) is 0 Å². The Hall–Kier alpha value is -1.68. The molecule has 4 heteroatoms. The number of H-pyrrole nitrogens is 1. The first-order valence-electron chi connectivity index (χ1n) is 5.96. The zero-order valence-corrected chi connectivity index (χ0v) is 11.1. The monoisotopic (exact) mass is 247 g/mol. The van der Waals surface area contributed by atoms with E-state index in [0.717, 1.165) is 11.5 Å². The molecule has 1 aromatic heterocycles. The first-order valence-corrected chi connectivity index (χ1v) is 5.96. The average Bonchev–Trinajstić information content (AvgIpc) is 2.73. The van der Waals surface area contributed by atoms with Crippen molar-refractivity contribution in [3.05, 3.63) is 41.6 Å². The molecule has 2 aromatic rings. The molecule has 0 bridgehead atoms. The van der Waals surface area contributed by atoms with Crippen molar-refractivity contribution in [2.75, 3.05) is 7.05 Å². The quantitative estimate of drug-likeness (QED) is 0.875. The summed E-state index contributed by atoms with van der Waals surface area (Å²) in [6, 6.07) is 6.69. The lowest BCUT2D eigenvalue weighted by Crippen LogP contribution is -2.34. The minimum absolute atomic E-state index is 0.249. The highest BCUT2D eigenvalue weighted by molar-refractivity contribution is 5.62. The first kappa shape index (κ1) is 12.8. The van der Waals surface area contributed by atoms with Crippen LogP contribution >= 0.6 is 0 Å². The standard InChI is InChI=1S/C14H18FN3/c1-9-12(10-7-5-6-8-11(10)15)18-13(17-9)14(2,3)16-4/h5-8,16H,1-4H3,(H,17,18). The molecule has 0 aliphatic carbocycles. The van der Waals surface area contributed by atoms with E-state index in [4.69, 9.17) is 0 Å². The third-order valence-corrected chi connectivity index (χ3v) is 3.23. The lowest BCUT2D eigenvalue weighted by Gasteiger charge is -2.20. The number of nitrogens with one attached hydrogen (secondary N) is 2. The lowest BCUT2D eigenvalue weighted by molar-refractivity contribution is 0.420. The number of benzene rings is 1. The van der Waals surface area contributed by atoms with Crippen LogP contribution in [0.2, 0.25) is 0 Å². The van der Waals surface area contributed by atoms with E-state index in [1.807, 2.05) is 33.9 Å². The van der Waals surface area contributed by atoms with Gasteiger partial charge in [-0.3, -0.25) is 0 Å². The van der Waals surface area contributed by atoms with Crippen LogP contribution in [0.25, 0.3) is 11.3 Å². The molecule has 0 saturated heterocycles. The molecule has 96 valence electrons. The Labute approximate surface area is 106 Å². The normalized spacial score (nSPS) is 11.8. The minimum Gasteiger partial charge on any atom is -0.344 e. The van der Waals surface area contributed by atoms with Crippen molar-refractivity contribution >= 4 is 0 Å². The minimum atomic E-state index is -0.270. The van der Waals surface area contributed by atoms with Crippen LogP contribution < -0.4 is 5.32 Å². The van der Waals surface area contributed by atoms with Gasteiger partial charge in [0, 0.05) is 11.3 Å². The second-order valence-corrected chi connectivity index (χ2v) is 4.91. The number of aromatic nitrogens is 2. The van der Waals surface area contributed by atoms with Crippen LogP contribution in [0.15, 0.2) is 24.3 Å². The molecular formula is C14H18FN3. The summed E-state index contributed by atoms with van der Waals surface area (Å²) in [7, 11) is 1.88. The van der Waals surface area contributed by atoms with Gasteiger partial charge in [-0.05, 0) is 40.0 Å². The Kier molecular flexibility index (Phi) is 3.22. The molecule has 0 aliphatic heterocycles. The van der Waals surface area contributed by atoms with E-state index in [2.05, 4.69) is 15.3 Å². The summed E-state index contributed by atoms with van der Waals surface area (Å²) < 4.78 is 13.8. The van der Waals surface area contributed by atoms with Crippen LogP contribution in [0.4, 0.5) is 4.39 Å². The van der Waals surface area contributed by atoms with Gasteiger partial charge in [0.05, 0.1) is 11.2 Å². The second-order valence-electron chi connectivity index (χ2n) is 4.91. The molecular weight excluding hydrogens is 229 g/mol. The highest BCUT2D eigenvalue weighted by Gasteiger charge is 2.24. The SMILES string of the molecule is CNC(C)(C)c1nc(-c2ccccc2F)c(C)[nH]1. The fourth-order valence-corrected chi connectivity index (χ4v) is 1.79. The molecule has 1 aromatic carbocycles. The van der Waals surface area contributed by atoms with Crippen LogP contribution in [-0.4, -0.2) is 17.0 Å². The van der Waals surface area contributed by atoms with E-state index < -0.39 is 0 Å². The molecule has 0 atom stereocenters. The lowest BCUT2D eigenvalue weighted by atomic mass is 10.1. The van der Waals surface area contributed by atoms with E-state index >= 15 is 0 Å². The van der Waals surface area contributed by atoms with Crippen LogP contribution in [-0.2, 0) is 5.54 Å². The highest BCUT2D eigenvalue weighted by Crippen LogP contribution is 2.27. The summed E-state index contributed by atoms with van der Waals surface area (Å²) in [5.41, 5.74) is 1.81. The molecule has 3 nitrogen and oxygen atoms in total. The van der Waals surface area contributed by atoms with Crippen molar-refractivity contribution < 1.29 is 4.39 Å². The fraction of sp³-hybridized carbons (Fsp3) is 0.357. The molecule has 2 rings (SSSR count). The van der Waals surface area contributed by atoms with E-state index in [9.17, 15) is 4.39 Å². The summed E-state index contributed by atoms with van der Waals surface area (Å²) in [4.78, 5) is 7.75. The molecule has 0 amide bonds. The summed E-state index contributed by atoms with van der Waals surface area (Å²) in [6.45, 7) is 5.96. The van der Waals surface area contributed by atoms with Crippen LogP contribution in [0.3, 0.4) is 0 Å². The zero-order valence-electron chi connectivity index (χ0n) is 11.1. The van der Waals surface area contributed by atoms with Crippen LogP contribution in [0.1, 0.15) is 25.4 Å². The predicted molar refractivity (Wildman–Crippen MR) is 70.8 cm³/mol. The van der Waals surface area contributed by atoms with E-state index in [1.165, 1.54) is 6.07 Å². The average molecular weight is 247 g/mol. The number of aryl methyl sites for hydroxylation is 1. The smallest absolute Gasteiger partial charge is 0.132 e. The maximum Gasteiger partial charge on any atom is 0.132 e. The Morgan fingerprint density at radius 3 is 2.56 bits per heavy atom. The molecule has 0 saturated carbocycles. The highest BCUT2D eigenvalue weighted by atomic mass is 19.1. The maximum absolute atomic E-state index is 13.8. The van der Waals surface area contributed by atoms with E-state index in [1.54, 1.807) is 12.1 Å². The van der Waals surface area contributed by atoms with Crippen molar-refractivity contribution in [1.29, 1.82) is 0 Å². The number of rotatable bonds is 3. The largest absolute Gasteiger partial charge is 0.344 e. The van der Waals surface area contributed by atoms with Crippen molar-refractivity contribution in [1.82, 2.24) is 15.3 Å². The Balaban J connectivity index is 2.52. The Morgan fingerprint density at radius 2 is 1.94 bits per heavy atom. The third kappa shape index (κ3) is 2.16. The molecule has 18 heavy (non-hydrogen) atoms. The zero-order chi connectivity index (χ0) is 13.3. The van der Waals surface area contributed by atoms with Crippen LogP contribution in [0, 0.1) is 12.7 Å². The van der Waals surface area contributed by atoms with Gasteiger partial charge in [0.2, 0.25) is 0 Å². The van der Waals surface area contributed by atoms with Gasteiger partial charge in [0.15, 0.2) is 0 Å². The van der Waals surface area contributed by atoms with Crippen molar-refractivity contribution in [2.24, 2.45) is 0 Å². The third-order valence-electron chi connectivity index (χ3n) is 3.23. The van der Waals surface area contributed by atoms with Gasteiger partial charge < -0.3 is 10.3 Å². The summed E-state index contributed by atoms with van der Waals surface area (Å²) in [5, 5.41) is 3.18. The van der Waals surface area contributed by atoms with E-state index in [0.29, 0.717) is 11.3 Å². The summed E-state index contributed by atoms with van der Waals surface area (Å²) in [5.74, 6) is 0.557. The molecule has 0 fully saturated rings. The fourth-order valence-electron chi connectivity index (χ4n) is 1.79. The predicted octanol–water partition coefficient (Wildman–Crippen LogP) is 2.98. The van der Waals surface area contributed by atoms with Gasteiger partial charge >= 0.3 is 0 Å². The topological polar surface area (TPSA) is 40.7 Å². The Bertz CT molecular complexity index is 558. The molecule has 0 spiro atoms. The summed E-state index contributed by atoms with van der Waals surface area (Å²) >= 11 is 0. The number of imidazole rings is 1. The van der Waals surface area contributed by atoms with Crippen LogP contribution in [0.5, 0.6) is 0 Å². The molecule has 0 radical (unpaired) electrons. The number of aromatic amines is 1. The van der Waals surface area contributed by atoms with E-state index in [-0.39, 0.29) is 11.4 Å².